The van der Waals surface area contributed by atoms with Crippen LogP contribution in [0.25, 0.3) is 0 Å². The van der Waals surface area contributed by atoms with Crippen LogP contribution in [0.2, 0.25) is 6.82 Å². The molecule has 0 fully saturated rings. The quantitative estimate of drug-likeness (QED) is 0.665. The summed E-state index contributed by atoms with van der Waals surface area (Å²) in [7, 11) is 0. The van der Waals surface area contributed by atoms with Crippen LogP contribution in [0.3, 0.4) is 0 Å². The molecule has 4 nitrogen and oxygen atoms in total. The number of hydrogen-bond acceptors (Lipinski definition) is 2. The summed E-state index contributed by atoms with van der Waals surface area (Å²) in [5.41, 5.74) is 1.00. The smallest absolute Gasteiger partial charge is 0.307 e. The standard InChI is InChI=1S/C10H13BO2.2H2O/c1-3-13-10(12)11(2)9-7-5-4-6-8-9;;/h4-8H,3H2,1-2H3;2*1H2. The molecule has 0 aliphatic heterocycles. The fourth-order valence-corrected chi connectivity index (χ4v) is 1.15. The summed E-state index contributed by atoms with van der Waals surface area (Å²) in [6.45, 7) is 3.94. The number of rotatable bonds is 3. The molecule has 0 amide bonds. The lowest BCUT2D eigenvalue weighted by molar-refractivity contribution is 0.178. The molecule has 0 saturated carbocycles. The summed E-state index contributed by atoms with van der Waals surface area (Å²) >= 11 is 0. The molecule has 0 radical (unpaired) electrons. The molecule has 0 atom stereocenters. The summed E-state index contributed by atoms with van der Waals surface area (Å²) in [5, 5.41) is 0. The first kappa shape index (κ1) is 16.1. The van der Waals surface area contributed by atoms with Gasteiger partial charge in [0.1, 0.15) is 0 Å². The van der Waals surface area contributed by atoms with Crippen LogP contribution < -0.4 is 5.46 Å². The van der Waals surface area contributed by atoms with Gasteiger partial charge in [0.25, 0.3) is 5.87 Å². The van der Waals surface area contributed by atoms with E-state index >= 15 is 0 Å². The maximum absolute atomic E-state index is 11.3. The molecule has 0 saturated heterocycles. The van der Waals surface area contributed by atoms with E-state index in [-0.39, 0.29) is 23.5 Å². The lowest BCUT2D eigenvalue weighted by Gasteiger charge is -2.06. The highest BCUT2D eigenvalue weighted by molar-refractivity contribution is 6.97. The number of benzene rings is 1. The van der Waals surface area contributed by atoms with Gasteiger partial charge < -0.3 is 15.7 Å². The summed E-state index contributed by atoms with van der Waals surface area (Å²) in [6.07, 6.45) is 0. The van der Waals surface area contributed by atoms with Crippen LogP contribution in [-0.4, -0.2) is 30.1 Å². The van der Waals surface area contributed by atoms with Crippen molar-refractivity contribution in [2.45, 2.75) is 13.7 Å². The summed E-state index contributed by atoms with van der Waals surface area (Å²) in [5.74, 6) is -0.159. The molecule has 4 N–H and O–H groups in total. The SMILES string of the molecule is CCOC(=O)B(C)c1ccccc1.O.O. The fraction of sp³-hybridized carbons (Fsp3) is 0.300. The topological polar surface area (TPSA) is 89.3 Å². The van der Waals surface area contributed by atoms with E-state index in [1.165, 1.54) is 0 Å². The molecular formula is C10H17BO4. The molecule has 15 heavy (non-hydrogen) atoms. The van der Waals surface area contributed by atoms with Crippen molar-refractivity contribution < 1.29 is 20.5 Å². The van der Waals surface area contributed by atoms with E-state index in [0.717, 1.165) is 5.46 Å². The maximum Gasteiger partial charge on any atom is 0.307 e. The first-order valence-electron chi connectivity index (χ1n) is 4.47. The van der Waals surface area contributed by atoms with Crippen molar-refractivity contribution in [3.8, 4) is 0 Å². The number of carbonyl (C=O) groups is 1. The zero-order chi connectivity index (χ0) is 9.68. The van der Waals surface area contributed by atoms with Gasteiger partial charge in [0.05, 0.1) is 6.61 Å². The number of ether oxygens (including phenoxy) is 1. The van der Waals surface area contributed by atoms with Crippen molar-refractivity contribution in [2.24, 2.45) is 0 Å². The zero-order valence-electron chi connectivity index (χ0n) is 8.99. The van der Waals surface area contributed by atoms with Crippen LogP contribution >= 0.6 is 0 Å². The minimum atomic E-state index is -0.166. The van der Waals surface area contributed by atoms with Gasteiger partial charge in [0, 0.05) is 0 Å². The van der Waals surface area contributed by atoms with Gasteiger partial charge in [0.15, 0.2) is 0 Å². The van der Waals surface area contributed by atoms with Crippen molar-refractivity contribution in [1.82, 2.24) is 0 Å². The summed E-state index contributed by atoms with van der Waals surface area (Å²) < 4.78 is 4.92. The second-order valence-electron chi connectivity index (χ2n) is 2.88. The lowest BCUT2D eigenvalue weighted by atomic mass is 9.47. The zero-order valence-corrected chi connectivity index (χ0v) is 8.99. The van der Waals surface area contributed by atoms with E-state index in [9.17, 15) is 4.79 Å². The van der Waals surface area contributed by atoms with Gasteiger partial charge in [-0.2, -0.15) is 0 Å². The highest BCUT2D eigenvalue weighted by atomic mass is 16.5. The minimum absolute atomic E-state index is 0. The second kappa shape index (κ2) is 8.02. The van der Waals surface area contributed by atoms with Gasteiger partial charge in [-0.1, -0.05) is 42.6 Å². The van der Waals surface area contributed by atoms with E-state index in [0.29, 0.717) is 6.61 Å². The monoisotopic (exact) mass is 212 g/mol. The van der Waals surface area contributed by atoms with Crippen molar-refractivity contribution in [3.63, 3.8) is 0 Å². The molecule has 0 heterocycles. The molecule has 84 valence electrons. The molecule has 0 aromatic heterocycles. The third-order valence-electron chi connectivity index (χ3n) is 1.94. The molecule has 0 bridgehead atoms. The van der Waals surface area contributed by atoms with Crippen molar-refractivity contribution in [1.29, 1.82) is 0 Å². The van der Waals surface area contributed by atoms with Gasteiger partial charge in [-0.15, -0.1) is 0 Å². The van der Waals surface area contributed by atoms with Crippen LogP contribution in [-0.2, 0) is 4.74 Å². The molecule has 5 heteroatoms. The first-order chi connectivity index (χ1) is 6.25. The van der Waals surface area contributed by atoms with E-state index in [1.807, 2.05) is 44.1 Å². The third-order valence-corrected chi connectivity index (χ3v) is 1.94. The molecule has 0 spiro atoms. The van der Waals surface area contributed by atoms with E-state index in [4.69, 9.17) is 4.74 Å². The fourth-order valence-electron chi connectivity index (χ4n) is 1.15. The highest BCUT2D eigenvalue weighted by Crippen LogP contribution is 1.93. The Bertz CT molecular complexity index is 276. The lowest BCUT2D eigenvalue weighted by Crippen LogP contribution is -2.36. The average molecular weight is 212 g/mol. The van der Waals surface area contributed by atoms with E-state index in [2.05, 4.69) is 0 Å². The van der Waals surface area contributed by atoms with Crippen LogP contribution in [0.4, 0.5) is 4.79 Å². The minimum Gasteiger partial charge on any atom is -0.474 e. The Morgan fingerprint density at radius 1 is 1.27 bits per heavy atom. The average Bonchev–Trinajstić information content (AvgIpc) is 2.18. The Morgan fingerprint density at radius 3 is 2.27 bits per heavy atom. The van der Waals surface area contributed by atoms with Crippen LogP contribution in [0.1, 0.15) is 6.92 Å². The predicted octanol–water partition coefficient (Wildman–Crippen LogP) is 0.107. The maximum atomic E-state index is 11.3. The van der Waals surface area contributed by atoms with E-state index < -0.39 is 0 Å². The van der Waals surface area contributed by atoms with Gasteiger partial charge in [0.2, 0.25) is 0 Å². The highest BCUT2D eigenvalue weighted by Gasteiger charge is 2.20. The Hall–Kier alpha value is -1.33. The van der Waals surface area contributed by atoms with Crippen LogP contribution in [0.5, 0.6) is 0 Å². The molecule has 1 aromatic carbocycles. The summed E-state index contributed by atoms with van der Waals surface area (Å²) in [6, 6.07) is 9.64. The van der Waals surface area contributed by atoms with Crippen LogP contribution in [0.15, 0.2) is 30.3 Å². The van der Waals surface area contributed by atoms with Gasteiger partial charge in [-0.25, -0.2) is 0 Å². The molecule has 0 aliphatic carbocycles. The molecule has 0 unspecified atom stereocenters. The largest absolute Gasteiger partial charge is 0.474 e. The van der Waals surface area contributed by atoms with Crippen molar-refractivity contribution >= 4 is 18.0 Å². The molecular weight excluding hydrogens is 195 g/mol. The van der Waals surface area contributed by atoms with Crippen LogP contribution in [0, 0.1) is 0 Å². The Kier molecular flexibility index (Phi) is 8.62. The van der Waals surface area contributed by atoms with Gasteiger partial charge >= 0.3 is 6.71 Å². The van der Waals surface area contributed by atoms with E-state index in [1.54, 1.807) is 0 Å². The predicted molar refractivity (Wildman–Crippen MR) is 61.9 cm³/mol. The van der Waals surface area contributed by atoms with Gasteiger partial charge in [-0.3, -0.25) is 4.79 Å². The second-order valence-corrected chi connectivity index (χ2v) is 2.88. The normalized spacial score (nSPS) is 8.13. The molecule has 1 rings (SSSR count). The Labute approximate surface area is 90.0 Å². The number of hydrogen-bond donors (Lipinski definition) is 0. The third kappa shape index (κ3) is 4.62. The molecule has 1 aromatic rings. The Morgan fingerprint density at radius 2 is 1.80 bits per heavy atom. The molecule has 0 aliphatic rings. The Balaban J connectivity index is 0. The van der Waals surface area contributed by atoms with Crippen molar-refractivity contribution in [3.05, 3.63) is 30.3 Å². The number of carbonyl (C=O) groups excluding carboxylic acids is 1. The van der Waals surface area contributed by atoms with Gasteiger partial charge in [-0.05, 0) is 6.92 Å². The summed E-state index contributed by atoms with van der Waals surface area (Å²) in [4.78, 5) is 11.3. The first-order valence-corrected chi connectivity index (χ1v) is 4.47. The van der Waals surface area contributed by atoms with Crippen molar-refractivity contribution in [2.75, 3.05) is 6.61 Å².